The van der Waals surface area contributed by atoms with Crippen molar-refractivity contribution in [2.75, 3.05) is 5.75 Å². The molecule has 0 bridgehead atoms. The molecule has 0 radical (unpaired) electrons. The molecule has 0 atom stereocenters. The fourth-order valence-corrected chi connectivity index (χ4v) is 3.90. The topological polar surface area (TPSA) is 0 Å². The van der Waals surface area contributed by atoms with E-state index in [0.717, 1.165) is 6.42 Å². The molecule has 18 heavy (non-hydrogen) atoms. The van der Waals surface area contributed by atoms with Gasteiger partial charge in [0.25, 0.3) is 0 Å². The molecule has 0 saturated carbocycles. The number of rotatable bonds is 1. The number of fused-ring (bicyclic) bond motifs is 3. The maximum Gasteiger partial charge on any atom is 0.0105 e. The minimum absolute atomic E-state index is 1.09. The number of allylic oxidation sites excluding steroid dienone is 1. The zero-order chi connectivity index (χ0) is 11.9. The summed E-state index contributed by atoms with van der Waals surface area (Å²) in [6.45, 7) is 0. The average Bonchev–Trinajstić information content (AvgIpc) is 3.05. The van der Waals surface area contributed by atoms with Crippen molar-refractivity contribution >= 4 is 16.7 Å². The van der Waals surface area contributed by atoms with Crippen LogP contribution in [0.25, 0.3) is 16.0 Å². The third-order valence-corrected chi connectivity index (χ3v) is 4.94. The molecule has 1 aliphatic heterocycles. The van der Waals surface area contributed by atoms with Crippen LogP contribution < -0.4 is 0 Å². The van der Waals surface area contributed by atoms with Gasteiger partial charge < -0.3 is 0 Å². The van der Waals surface area contributed by atoms with Crippen molar-refractivity contribution in [1.82, 2.24) is 0 Å². The lowest BCUT2D eigenvalue weighted by Gasteiger charge is -2.05. The Hall–Kier alpha value is -1.47. The van der Waals surface area contributed by atoms with E-state index in [0.29, 0.717) is 0 Å². The van der Waals surface area contributed by atoms with Crippen LogP contribution in [0.15, 0.2) is 48.5 Å². The lowest BCUT2D eigenvalue weighted by atomic mass is 10.0. The molecule has 88 valence electrons. The molecule has 1 aliphatic carbocycles. The third-order valence-electron chi connectivity index (χ3n) is 3.78. The second-order valence-electron chi connectivity index (χ2n) is 4.91. The highest BCUT2D eigenvalue weighted by Crippen LogP contribution is 2.40. The molecule has 2 aliphatic rings. The van der Waals surface area contributed by atoms with E-state index in [9.17, 15) is 0 Å². The van der Waals surface area contributed by atoms with Crippen molar-refractivity contribution in [3.05, 3.63) is 65.2 Å². The largest absolute Gasteiger partial charge is 0.126 e. The molecule has 0 N–H and O–H groups in total. The fraction of sp³-hybridized carbons (Fsp3) is 0.176. The van der Waals surface area contributed by atoms with Crippen LogP contribution in [0.1, 0.15) is 23.1 Å². The zero-order valence-corrected chi connectivity index (χ0v) is 11.0. The monoisotopic (exact) mass is 250 g/mol. The summed E-state index contributed by atoms with van der Waals surface area (Å²) in [5, 5.41) is 0. The maximum absolute atomic E-state index is 2.39. The van der Waals surface area contributed by atoms with Crippen molar-refractivity contribution in [3.63, 3.8) is 0 Å². The summed E-state index contributed by atoms with van der Waals surface area (Å²) in [6, 6.07) is 15.7. The van der Waals surface area contributed by atoms with E-state index in [2.05, 4.69) is 48.5 Å². The molecular weight excluding hydrogens is 236 g/mol. The van der Waals surface area contributed by atoms with Gasteiger partial charge in [-0.3, -0.25) is 0 Å². The van der Waals surface area contributed by atoms with Gasteiger partial charge in [-0.05, 0) is 46.7 Å². The minimum atomic E-state index is 1.09. The Morgan fingerprint density at radius 1 is 0.889 bits per heavy atom. The Kier molecular flexibility index (Phi) is 2.34. The van der Waals surface area contributed by atoms with Gasteiger partial charge in [-0.25, -0.2) is 0 Å². The maximum atomic E-state index is 2.39. The summed E-state index contributed by atoms with van der Waals surface area (Å²) < 4.78 is 0. The first-order valence-corrected chi connectivity index (χ1v) is 7.45. The summed E-state index contributed by atoms with van der Waals surface area (Å²) in [6.07, 6.45) is 4.68. The predicted octanol–water partition coefficient (Wildman–Crippen LogP) is 4.74. The van der Waals surface area contributed by atoms with Crippen LogP contribution in [0.3, 0.4) is 0 Å². The number of hydrogen-bond donors (Lipinski definition) is 0. The lowest BCUT2D eigenvalue weighted by molar-refractivity contribution is 1.26. The molecule has 0 saturated heterocycles. The Morgan fingerprint density at radius 3 is 2.67 bits per heavy atom. The summed E-state index contributed by atoms with van der Waals surface area (Å²) in [4.78, 5) is 1.47. The van der Waals surface area contributed by atoms with Gasteiger partial charge in [-0.15, -0.1) is 11.8 Å². The second-order valence-corrected chi connectivity index (χ2v) is 6.05. The SMILES string of the molecule is C1=C(c2ccc3c(c2)Cc2ccccc2-3)SCC1. The van der Waals surface area contributed by atoms with E-state index in [1.54, 1.807) is 0 Å². The van der Waals surface area contributed by atoms with E-state index >= 15 is 0 Å². The zero-order valence-electron chi connectivity index (χ0n) is 10.1. The van der Waals surface area contributed by atoms with E-state index in [1.165, 1.54) is 44.9 Å². The van der Waals surface area contributed by atoms with Gasteiger partial charge in [0.1, 0.15) is 0 Å². The lowest BCUT2D eigenvalue weighted by Crippen LogP contribution is -1.84. The molecule has 0 fully saturated rings. The highest BCUT2D eigenvalue weighted by Gasteiger charge is 2.19. The van der Waals surface area contributed by atoms with Gasteiger partial charge in [-0.1, -0.05) is 42.5 Å². The molecule has 2 aromatic carbocycles. The number of thioether (sulfide) groups is 1. The Labute approximate surface area is 112 Å². The van der Waals surface area contributed by atoms with E-state index in [-0.39, 0.29) is 0 Å². The van der Waals surface area contributed by atoms with Gasteiger partial charge in [0, 0.05) is 10.7 Å². The van der Waals surface area contributed by atoms with Crippen molar-refractivity contribution in [2.24, 2.45) is 0 Å². The first kappa shape index (κ1) is 10.5. The second kappa shape index (κ2) is 4.03. The molecule has 0 aromatic heterocycles. The van der Waals surface area contributed by atoms with Gasteiger partial charge in [-0.2, -0.15) is 0 Å². The van der Waals surface area contributed by atoms with Crippen LogP contribution in [0.5, 0.6) is 0 Å². The Balaban J connectivity index is 1.81. The molecule has 4 rings (SSSR count). The number of benzene rings is 2. The molecule has 0 amide bonds. The molecule has 0 nitrogen and oxygen atoms in total. The predicted molar refractivity (Wildman–Crippen MR) is 79.7 cm³/mol. The highest BCUT2D eigenvalue weighted by atomic mass is 32.2. The van der Waals surface area contributed by atoms with E-state index < -0.39 is 0 Å². The van der Waals surface area contributed by atoms with Gasteiger partial charge in [0.15, 0.2) is 0 Å². The first-order valence-electron chi connectivity index (χ1n) is 6.46. The summed E-state index contributed by atoms with van der Waals surface area (Å²) in [5.74, 6) is 1.24. The van der Waals surface area contributed by atoms with Crippen LogP contribution in [0.4, 0.5) is 0 Å². The smallest absolute Gasteiger partial charge is 0.0105 e. The van der Waals surface area contributed by atoms with Crippen molar-refractivity contribution in [1.29, 1.82) is 0 Å². The Bertz CT molecular complexity index is 652. The number of hydrogen-bond acceptors (Lipinski definition) is 1. The summed E-state index contributed by atoms with van der Waals surface area (Å²) in [7, 11) is 0. The highest BCUT2D eigenvalue weighted by molar-refractivity contribution is 8.08. The van der Waals surface area contributed by atoms with Crippen LogP contribution in [-0.4, -0.2) is 5.75 Å². The first-order chi connectivity index (χ1) is 8.92. The molecule has 1 heterocycles. The van der Waals surface area contributed by atoms with Crippen LogP contribution in [0, 0.1) is 0 Å². The van der Waals surface area contributed by atoms with Gasteiger partial charge in [0.2, 0.25) is 0 Å². The van der Waals surface area contributed by atoms with Crippen molar-refractivity contribution in [2.45, 2.75) is 12.8 Å². The van der Waals surface area contributed by atoms with Gasteiger partial charge >= 0.3 is 0 Å². The summed E-state index contributed by atoms with van der Waals surface area (Å²) >= 11 is 1.99. The van der Waals surface area contributed by atoms with Crippen LogP contribution in [-0.2, 0) is 6.42 Å². The third kappa shape index (κ3) is 1.54. The van der Waals surface area contributed by atoms with Crippen molar-refractivity contribution < 1.29 is 0 Å². The molecule has 0 unspecified atom stereocenters. The van der Waals surface area contributed by atoms with Crippen LogP contribution in [0.2, 0.25) is 0 Å². The van der Waals surface area contributed by atoms with Crippen molar-refractivity contribution in [3.8, 4) is 11.1 Å². The quantitative estimate of drug-likeness (QED) is 0.601. The van der Waals surface area contributed by atoms with E-state index in [4.69, 9.17) is 0 Å². The molecular formula is C17H14S. The molecule has 0 spiro atoms. The fourth-order valence-electron chi connectivity index (χ4n) is 2.92. The standard InChI is InChI=1S/C17H14S/c1-2-5-15-12(4-1)10-14-11-13(7-8-16(14)15)17-6-3-9-18-17/h1-2,4-8,11H,3,9-10H2. The average molecular weight is 250 g/mol. The molecule has 2 aromatic rings. The molecule has 1 heteroatoms. The van der Waals surface area contributed by atoms with E-state index in [1.807, 2.05) is 11.8 Å². The summed E-state index contributed by atoms with van der Waals surface area (Å²) in [5.41, 5.74) is 7.22. The Morgan fingerprint density at radius 2 is 1.78 bits per heavy atom. The normalized spacial score (nSPS) is 16.3. The van der Waals surface area contributed by atoms with Crippen LogP contribution >= 0.6 is 11.8 Å². The van der Waals surface area contributed by atoms with Gasteiger partial charge in [0.05, 0.1) is 0 Å². The minimum Gasteiger partial charge on any atom is -0.126 e.